The lowest BCUT2D eigenvalue weighted by Gasteiger charge is -2.14. The number of ketones is 1. The van der Waals surface area contributed by atoms with Crippen LogP contribution in [0.4, 0.5) is 0 Å². The largest absolute Gasteiger partial charge is 0.497 e. The van der Waals surface area contributed by atoms with Gasteiger partial charge in [-0.25, -0.2) is 15.0 Å². The molecule has 0 saturated carbocycles. The molecule has 0 spiro atoms. The molecule has 0 saturated heterocycles. The zero-order chi connectivity index (χ0) is 26.4. The molecule has 10 heteroatoms. The summed E-state index contributed by atoms with van der Waals surface area (Å²) in [6, 6.07) is 8.67. The van der Waals surface area contributed by atoms with Gasteiger partial charge in [0.2, 0.25) is 5.75 Å². The highest BCUT2D eigenvalue weighted by atomic mass is 32.1. The second-order valence-electron chi connectivity index (χ2n) is 7.57. The highest BCUT2D eigenvalue weighted by Crippen LogP contribution is 2.44. The number of thiazole rings is 1. The molecule has 2 aromatic carbocycles. The molecule has 9 nitrogen and oxygen atoms in total. The summed E-state index contributed by atoms with van der Waals surface area (Å²) in [5, 5.41) is 0.616. The molecule has 0 aliphatic rings. The molecule has 0 bridgehead atoms. The average Bonchev–Trinajstić information content (AvgIpc) is 3.39. The maximum absolute atomic E-state index is 12.9. The van der Waals surface area contributed by atoms with E-state index in [-0.39, 0.29) is 5.78 Å². The van der Waals surface area contributed by atoms with E-state index in [0.717, 1.165) is 16.0 Å². The first-order valence-corrected chi connectivity index (χ1v) is 11.8. The lowest BCUT2D eigenvalue weighted by Crippen LogP contribution is -1.97. The van der Waals surface area contributed by atoms with Crippen molar-refractivity contribution in [1.29, 1.82) is 0 Å². The topological polar surface area (TPSA) is 102 Å². The van der Waals surface area contributed by atoms with Gasteiger partial charge in [0.15, 0.2) is 17.3 Å². The summed E-state index contributed by atoms with van der Waals surface area (Å²) < 4.78 is 27.1. The number of rotatable bonds is 10. The molecule has 4 aromatic rings. The minimum atomic E-state index is -0.216. The Morgan fingerprint density at radius 1 is 0.784 bits per heavy atom. The van der Waals surface area contributed by atoms with Crippen LogP contribution >= 0.6 is 11.3 Å². The lowest BCUT2D eigenvalue weighted by atomic mass is 10.1. The van der Waals surface area contributed by atoms with Crippen LogP contribution < -0.4 is 23.7 Å². The number of hydrogen-bond donors (Lipinski definition) is 0. The van der Waals surface area contributed by atoms with E-state index in [1.54, 1.807) is 58.0 Å². The zero-order valence-electron chi connectivity index (χ0n) is 21.0. The van der Waals surface area contributed by atoms with Gasteiger partial charge in [0, 0.05) is 35.2 Å². The molecule has 4 rings (SSSR count). The van der Waals surface area contributed by atoms with Crippen molar-refractivity contribution < 1.29 is 28.5 Å². The summed E-state index contributed by atoms with van der Waals surface area (Å²) in [6.07, 6.45) is 8.03. The fourth-order valence-corrected chi connectivity index (χ4v) is 4.59. The molecule has 0 atom stereocenters. The molecule has 2 heterocycles. The fourth-order valence-electron chi connectivity index (χ4n) is 3.63. The van der Waals surface area contributed by atoms with Crippen molar-refractivity contribution in [1.82, 2.24) is 15.0 Å². The minimum absolute atomic E-state index is 0.216. The van der Waals surface area contributed by atoms with Gasteiger partial charge in [0.05, 0.1) is 46.1 Å². The first-order valence-electron chi connectivity index (χ1n) is 11.0. The Bertz CT molecular complexity index is 1390. The third-order valence-electron chi connectivity index (χ3n) is 5.42. The van der Waals surface area contributed by atoms with Gasteiger partial charge in [-0.05, 0) is 36.4 Å². The molecule has 0 aliphatic carbocycles. The van der Waals surface area contributed by atoms with E-state index in [1.807, 2.05) is 12.1 Å². The van der Waals surface area contributed by atoms with Crippen LogP contribution in [0.15, 0.2) is 55.1 Å². The summed E-state index contributed by atoms with van der Waals surface area (Å²) in [4.78, 5) is 26.9. The Labute approximate surface area is 218 Å². The number of carbonyl (C=O) groups excluding carboxylic acids is 1. The van der Waals surface area contributed by atoms with Crippen LogP contribution in [0.5, 0.6) is 28.7 Å². The van der Waals surface area contributed by atoms with Gasteiger partial charge in [-0.3, -0.25) is 4.79 Å². The monoisotopic (exact) mass is 519 g/mol. The Morgan fingerprint density at radius 3 is 1.95 bits per heavy atom. The van der Waals surface area contributed by atoms with Crippen molar-refractivity contribution in [2.45, 2.75) is 0 Å². The van der Waals surface area contributed by atoms with Gasteiger partial charge in [-0.2, -0.15) is 0 Å². The molecule has 0 amide bonds. The summed E-state index contributed by atoms with van der Waals surface area (Å²) in [6.45, 7) is 0. The van der Waals surface area contributed by atoms with E-state index in [9.17, 15) is 4.79 Å². The van der Waals surface area contributed by atoms with Gasteiger partial charge in [0.1, 0.15) is 22.8 Å². The lowest BCUT2D eigenvalue weighted by molar-refractivity contribution is 0.104. The van der Waals surface area contributed by atoms with E-state index in [1.165, 1.54) is 38.0 Å². The highest BCUT2D eigenvalue weighted by Gasteiger charge is 2.20. The zero-order valence-corrected chi connectivity index (χ0v) is 21.8. The molecule has 0 fully saturated rings. The Hall–Kier alpha value is -4.44. The standard InChI is InChI=1S/C27H25N3O6S/c1-32-19-8-16(9-20(12-19)33-2)21(31)6-7-24-30-25(27(37-24)18-13-28-15-29-14-18)17-10-22(34-3)26(36-5)23(11-17)35-4/h6-15H,1-5H3/b7-6+. The normalized spacial score (nSPS) is 10.8. The number of aromatic nitrogens is 3. The van der Waals surface area contributed by atoms with Gasteiger partial charge in [-0.1, -0.05) is 0 Å². The highest BCUT2D eigenvalue weighted by molar-refractivity contribution is 7.16. The molecular formula is C27H25N3O6S. The predicted molar refractivity (Wildman–Crippen MR) is 141 cm³/mol. The Kier molecular flexibility index (Phi) is 7.99. The molecule has 190 valence electrons. The van der Waals surface area contributed by atoms with Gasteiger partial charge in [0.25, 0.3) is 0 Å². The number of allylic oxidation sites excluding steroid dienone is 1. The van der Waals surface area contributed by atoms with Crippen molar-refractivity contribution in [3.8, 4) is 50.4 Å². The van der Waals surface area contributed by atoms with E-state index in [2.05, 4.69) is 9.97 Å². The summed E-state index contributed by atoms with van der Waals surface area (Å²) in [5.74, 6) is 2.32. The molecule has 37 heavy (non-hydrogen) atoms. The first kappa shape index (κ1) is 25.6. The molecule has 0 N–H and O–H groups in total. The van der Waals surface area contributed by atoms with E-state index < -0.39 is 0 Å². The van der Waals surface area contributed by atoms with Gasteiger partial charge >= 0.3 is 0 Å². The number of nitrogens with zero attached hydrogens (tertiary/aromatic N) is 3. The van der Waals surface area contributed by atoms with E-state index >= 15 is 0 Å². The summed E-state index contributed by atoms with van der Waals surface area (Å²) in [5.41, 5.74) is 2.63. The Morgan fingerprint density at radius 2 is 1.41 bits per heavy atom. The fraction of sp³-hybridized carbons (Fsp3) is 0.185. The molecule has 0 aliphatic heterocycles. The smallest absolute Gasteiger partial charge is 0.203 e. The van der Waals surface area contributed by atoms with Crippen molar-refractivity contribution in [2.24, 2.45) is 0 Å². The van der Waals surface area contributed by atoms with Crippen LogP contribution in [0.3, 0.4) is 0 Å². The number of ether oxygens (including phenoxy) is 5. The minimum Gasteiger partial charge on any atom is -0.497 e. The van der Waals surface area contributed by atoms with E-state index in [4.69, 9.17) is 28.7 Å². The van der Waals surface area contributed by atoms with Crippen molar-refractivity contribution >= 4 is 23.2 Å². The maximum Gasteiger partial charge on any atom is 0.203 e. The number of carbonyl (C=O) groups is 1. The third-order valence-corrected chi connectivity index (χ3v) is 6.49. The average molecular weight is 520 g/mol. The van der Waals surface area contributed by atoms with Gasteiger partial charge in [-0.15, -0.1) is 11.3 Å². The molecule has 0 unspecified atom stereocenters. The number of hydrogen-bond acceptors (Lipinski definition) is 10. The second-order valence-corrected chi connectivity index (χ2v) is 8.60. The summed E-state index contributed by atoms with van der Waals surface area (Å²) >= 11 is 1.40. The summed E-state index contributed by atoms with van der Waals surface area (Å²) in [7, 11) is 7.73. The van der Waals surface area contributed by atoms with Crippen molar-refractivity contribution in [3.05, 3.63) is 65.7 Å². The quantitative estimate of drug-likeness (QED) is 0.206. The van der Waals surface area contributed by atoms with Crippen LogP contribution in [0.1, 0.15) is 15.4 Å². The molecule has 0 radical (unpaired) electrons. The predicted octanol–water partition coefficient (Wildman–Crippen LogP) is 5.21. The van der Waals surface area contributed by atoms with E-state index in [0.29, 0.717) is 45.0 Å². The van der Waals surface area contributed by atoms with Crippen molar-refractivity contribution in [2.75, 3.05) is 35.5 Å². The molecule has 2 aromatic heterocycles. The number of benzene rings is 2. The Balaban J connectivity index is 1.77. The van der Waals surface area contributed by atoms with Crippen LogP contribution in [-0.4, -0.2) is 56.3 Å². The van der Waals surface area contributed by atoms with Crippen LogP contribution in [0.2, 0.25) is 0 Å². The van der Waals surface area contributed by atoms with Crippen LogP contribution in [0, 0.1) is 0 Å². The first-order chi connectivity index (χ1) is 18.0. The van der Waals surface area contributed by atoms with Crippen LogP contribution in [0.25, 0.3) is 27.8 Å². The van der Waals surface area contributed by atoms with Crippen LogP contribution in [-0.2, 0) is 0 Å². The SMILES string of the molecule is COc1cc(OC)cc(C(=O)/C=C/c2nc(-c3cc(OC)c(OC)c(OC)c3)c(-c3cncnc3)s2)c1. The molecular weight excluding hydrogens is 494 g/mol. The number of methoxy groups -OCH3 is 5. The maximum atomic E-state index is 12.9. The second kappa shape index (κ2) is 11.5. The third kappa shape index (κ3) is 5.54. The van der Waals surface area contributed by atoms with Gasteiger partial charge < -0.3 is 23.7 Å². The van der Waals surface area contributed by atoms with Crippen molar-refractivity contribution in [3.63, 3.8) is 0 Å².